The number of nitrogens with zero attached hydrogens (tertiary/aromatic N) is 4. The lowest BCUT2D eigenvalue weighted by Crippen LogP contribution is -1.99. The molecule has 0 saturated carbocycles. The smallest absolute Gasteiger partial charge is 0.163 e. The fourth-order valence-corrected chi connectivity index (χ4v) is 2.96. The maximum absolute atomic E-state index is 4.63. The summed E-state index contributed by atoms with van der Waals surface area (Å²) in [6, 6.07) is 25.6. The SMILES string of the molecule is c1ccc(Nc2ccc3ccc(Nc4ccc5cccnc5n4)nc3n2)cc1. The fraction of sp³-hybridized carbons (Fsp3) is 0. The van der Waals surface area contributed by atoms with E-state index in [1.54, 1.807) is 6.20 Å². The zero-order valence-electron chi connectivity index (χ0n) is 14.9. The molecular weight excluding hydrogens is 348 g/mol. The molecule has 28 heavy (non-hydrogen) atoms. The third-order valence-electron chi connectivity index (χ3n) is 4.32. The van der Waals surface area contributed by atoms with Crippen LogP contribution in [0.1, 0.15) is 0 Å². The molecule has 4 aromatic heterocycles. The number of para-hydroxylation sites is 1. The van der Waals surface area contributed by atoms with Gasteiger partial charge in [-0.3, -0.25) is 0 Å². The standard InChI is InChI=1S/C22H16N6/c1-2-6-17(7-3-1)24-18-11-9-16-10-13-20(28-22(16)27-18)25-19-12-8-15-5-4-14-23-21(15)26-19/h1-14H,(H2,23,24,25,26,27,28). The second-order valence-electron chi connectivity index (χ2n) is 6.30. The van der Waals surface area contributed by atoms with Crippen molar-refractivity contribution in [3.63, 3.8) is 0 Å². The Balaban J connectivity index is 1.44. The van der Waals surface area contributed by atoms with Crippen molar-refractivity contribution in [2.45, 2.75) is 0 Å². The summed E-state index contributed by atoms with van der Waals surface area (Å²) in [5.41, 5.74) is 2.34. The third-order valence-corrected chi connectivity index (χ3v) is 4.32. The van der Waals surface area contributed by atoms with Crippen LogP contribution in [-0.2, 0) is 0 Å². The first-order chi connectivity index (χ1) is 13.8. The van der Waals surface area contributed by atoms with Crippen molar-refractivity contribution < 1.29 is 0 Å². The van der Waals surface area contributed by atoms with Crippen molar-refractivity contribution in [3.8, 4) is 0 Å². The van der Waals surface area contributed by atoms with Crippen LogP contribution in [0.2, 0.25) is 0 Å². The van der Waals surface area contributed by atoms with Gasteiger partial charge in [-0.05, 0) is 60.7 Å². The molecule has 0 atom stereocenters. The molecule has 0 unspecified atom stereocenters. The molecule has 0 spiro atoms. The normalized spacial score (nSPS) is 10.9. The van der Waals surface area contributed by atoms with Gasteiger partial charge >= 0.3 is 0 Å². The van der Waals surface area contributed by atoms with Crippen molar-refractivity contribution in [1.29, 1.82) is 0 Å². The maximum Gasteiger partial charge on any atom is 0.163 e. The molecule has 134 valence electrons. The van der Waals surface area contributed by atoms with Gasteiger partial charge in [-0.2, -0.15) is 0 Å². The minimum absolute atomic E-state index is 0.657. The van der Waals surface area contributed by atoms with Crippen molar-refractivity contribution in [2.75, 3.05) is 10.6 Å². The summed E-state index contributed by atoms with van der Waals surface area (Å²) in [5, 5.41) is 8.50. The van der Waals surface area contributed by atoms with Gasteiger partial charge in [-0.25, -0.2) is 19.9 Å². The number of anilines is 4. The van der Waals surface area contributed by atoms with Gasteiger partial charge in [-0.15, -0.1) is 0 Å². The van der Waals surface area contributed by atoms with E-state index in [1.807, 2.05) is 78.9 Å². The highest BCUT2D eigenvalue weighted by molar-refractivity contribution is 5.80. The second-order valence-corrected chi connectivity index (χ2v) is 6.30. The lowest BCUT2D eigenvalue weighted by Gasteiger charge is -2.08. The molecular formula is C22H16N6. The summed E-state index contributed by atoms with van der Waals surface area (Å²) >= 11 is 0. The van der Waals surface area contributed by atoms with Crippen molar-refractivity contribution >= 4 is 45.2 Å². The lowest BCUT2D eigenvalue weighted by atomic mass is 10.2. The van der Waals surface area contributed by atoms with Crippen molar-refractivity contribution in [3.05, 3.63) is 85.1 Å². The van der Waals surface area contributed by atoms with E-state index in [0.29, 0.717) is 22.9 Å². The van der Waals surface area contributed by atoms with Crippen LogP contribution in [-0.4, -0.2) is 19.9 Å². The highest BCUT2D eigenvalue weighted by Crippen LogP contribution is 2.21. The Morgan fingerprint density at radius 2 is 1.11 bits per heavy atom. The molecule has 0 aliphatic rings. The van der Waals surface area contributed by atoms with Gasteiger partial charge in [0.25, 0.3) is 0 Å². The van der Waals surface area contributed by atoms with E-state index < -0.39 is 0 Å². The zero-order valence-corrected chi connectivity index (χ0v) is 14.9. The molecule has 5 aromatic rings. The van der Waals surface area contributed by atoms with Gasteiger partial charge in [0, 0.05) is 22.7 Å². The molecule has 0 fully saturated rings. The first kappa shape index (κ1) is 16.1. The van der Waals surface area contributed by atoms with Crippen LogP contribution in [0.4, 0.5) is 23.1 Å². The van der Waals surface area contributed by atoms with Crippen LogP contribution in [0.25, 0.3) is 22.1 Å². The fourth-order valence-electron chi connectivity index (χ4n) is 2.96. The van der Waals surface area contributed by atoms with Gasteiger partial charge in [0.1, 0.15) is 17.5 Å². The minimum atomic E-state index is 0.657. The average molecular weight is 364 g/mol. The van der Waals surface area contributed by atoms with Crippen LogP contribution in [0.5, 0.6) is 0 Å². The van der Waals surface area contributed by atoms with E-state index in [4.69, 9.17) is 0 Å². The number of rotatable bonds is 4. The summed E-state index contributed by atoms with van der Waals surface area (Å²) < 4.78 is 0. The Labute approximate surface area is 161 Å². The van der Waals surface area contributed by atoms with E-state index in [0.717, 1.165) is 22.3 Å². The molecule has 0 saturated heterocycles. The molecule has 0 radical (unpaired) electrons. The maximum atomic E-state index is 4.63. The second kappa shape index (κ2) is 6.92. The van der Waals surface area contributed by atoms with Gasteiger partial charge < -0.3 is 10.6 Å². The van der Waals surface area contributed by atoms with Crippen LogP contribution >= 0.6 is 0 Å². The number of pyridine rings is 4. The Hall–Kier alpha value is -4.06. The number of hydrogen-bond acceptors (Lipinski definition) is 6. The summed E-state index contributed by atoms with van der Waals surface area (Å²) in [6.45, 7) is 0. The van der Waals surface area contributed by atoms with Gasteiger partial charge in [0.15, 0.2) is 11.3 Å². The molecule has 5 rings (SSSR count). The summed E-state index contributed by atoms with van der Waals surface area (Å²) in [5.74, 6) is 2.12. The number of fused-ring (bicyclic) bond motifs is 2. The minimum Gasteiger partial charge on any atom is -0.340 e. The van der Waals surface area contributed by atoms with Crippen molar-refractivity contribution in [1.82, 2.24) is 19.9 Å². The highest BCUT2D eigenvalue weighted by atomic mass is 15.1. The molecule has 0 amide bonds. The van der Waals surface area contributed by atoms with E-state index >= 15 is 0 Å². The first-order valence-electron chi connectivity index (χ1n) is 8.92. The molecule has 2 N–H and O–H groups in total. The highest BCUT2D eigenvalue weighted by Gasteiger charge is 2.04. The molecule has 4 heterocycles. The summed E-state index contributed by atoms with van der Waals surface area (Å²) in [4.78, 5) is 18.1. The van der Waals surface area contributed by atoms with Crippen LogP contribution in [0.15, 0.2) is 85.1 Å². The predicted octanol–water partition coefficient (Wildman–Crippen LogP) is 5.06. The Kier molecular flexibility index (Phi) is 3.99. The number of nitrogens with one attached hydrogen (secondary N) is 2. The van der Waals surface area contributed by atoms with Gasteiger partial charge in [0.05, 0.1) is 0 Å². The largest absolute Gasteiger partial charge is 0.340 e. The van der Waals surface area contributed by atoms with Crippen LogP contribution < -0.4 is 10.6 Å². The van der Waals surface area contributed by atoms with E-state index in [1.165, 1.54) is 0 Å². The van der Waals surface area contributed by atoms with Crippen molar-refractivity contribution in [2.24, 2.45) is 0 Å². The average Bonchev–Trinajstić information content (AvgIpc) is 2.74. The van der Waals surface area contributed by atoms with Crippen LogP contribution in [0, 0.1) is 0 Å². The Morgan fingerprint density at radius 3 is 1.82 bits per heavy atom. The van der Waals surface area contributed by atoms with E-state index in [2.05, 4.69) is 30.6 Å². The first-order valence-corrected chi connectivity index (χ1v) is 8.92. The molecule has 6 nitrogen and oxygen atoms in total. The Bertz CT molecular complexity index is 1270. The quantitative estimate of drug-likeness (QED) is 0.464. The molecule has 6 heteroatoms. The Morgan fingerprint density at radius 1 is 0.500 bits per heavy atom. The van der Waals surface area contributed by atoms with Crippen LogP contribution in [0.3, 0.4) is 0 Å². The monoisotopic (exact) mass is 364 g/mol. The summed E-state index contributed by atoms with van der Waals surface area (Å²) in [7, 11) is 0. The zero-order chi connectivity index (χ0) is 18.8. The van der Waals surface area contributed by atoms with Gasteiger partial charge in [-0.1, -0.05) is 18.2 Å². The molecule has 0 aliphatic heterocycles. The van der Waals surface area contributed by atoms with E-state index in [-0.39, 0.29) is 0 Å². The summed E-state index contributed by atoms with van der Waals surface area (Å²) in [6.07, 6.45) is 1.73. The lowest BCUT2D eigenvalue weighted by molar-refractivity contribution is 1.24. The molecule has 0 bridgehead atoms. The predicted molar refractivity (Wildman–Crippen MR) is 112 cm³/mol. The third kappa shape index (κ3) is 3.31. The molecule has 0 aliphatic carbocycles. The number of aromatic nitrogens is 4. The topological polar surface area (TPSA) is 75.6 Å². The van der Waals surface area contributed by atoms with E-state index in [9.17, 15) is 0 Å². The van der Waals surface area contributed by atoms with Gasteiger partial charge in [0.2, 0.25) is 0 Å². The number of hydrogen-bond donors (Lipinski definition) is 2. The molecule has 1 aromatic carbocycles. The number of benzene rings is 1.